The maximum atomic E-state index is 3.31. The smallest absolute Gasteiger partial charge is 0.0000918 e. The van der Waals surface area contributed by atoms with Gasteiger partial charge in [-0.2, -0.15) is 0 Å². The molecule has 47 heavy (non-hydrogen) atoms. The first-order valence-corrected chi connectivity index (χ1v) is 16.9. The Bertz CT molecular complexity index is 2560. The quantitative estimate of drug-likeness (QED) is 0.140. The van der Waals surface area contributed by atoms with Crippen LogP contribution in [0.4, 0.5) is 0 Å². The van der Waals surface area contributed by atoms with Crippen molar-refractivity contribution < 1.29 is 0 Å². The van der Waals surface area contributed by atoms with E-state index in [2.05, 4.69) is 151 Å². The highest BCUT2D eigenvalue weighted by Gasteiger charge is 2.24. The van der Waals surface area contributed by atoms with Crippen LogP contribution in [0.5, 0.6) is 0 Å². The molecule has 7 aromatic carbocycles. The van der Waals surface area contributed by atoms with E-state index in [1.807, 2.05) is 13.8 Å². The fourth-order valence-corrected chi connectivity index (χ4v) is 8.00. The predicted molar refractivity (Wildman–Crippen MR) is 203 cm³/mol. The van der Waals surface area contributed by atoms with E-state index in [1.165, 1.54) is 99.1 Å². The third-order valence-electron chi connectivity index (χ3n) is 10.1. The zero-order valence-electron chi connectivity index (χ0n) is 26.8. The van der Waals surface area contributed by atoms with Crippen LogP contribution in [0.25, 0.3) is 77.3 Å². The van der Waals surface area contributed by atoms with Crippen LogP contribution in [-0.4, -0.2) is 0 Å². The Labute approximate surface area is 276 Å². The summed E-state index contributed by atoms with van der Waals surface area (Å²) in [5.41, 5.74) is 19.3. The summed E-state index contributed by atoms with van der Waals surface area (Å²) < 4.78 is 0. The lowest BCUT2D eigenvalue weighted by Crippen LogP contribution is -1.94. The van der Waals surface area contributed by atoms with Crippen molar-refractivity contribution in [2.45, 2.75) is 26.7 Å². The van der Waals surface area contributed by atoms with E-state index in [9.17, 15) is 0 Å². The van der Waals surface area contributed by atoms with Gasteiger partial charge in [0.15, 0.2) is 0 Å². The molecule has 0 atom stereocenters. The molecule has 0 saturated carbocycles. The molecule has 0 aliphatic heterocycles. The molecule has 0 aromatic heterocycles. The predicted octanol–water partition coefficient (Wildman–Crippen LogP) is 12.8. The Morgan fingerprint density at radius 2 is 1.23 bits per heavy atom. The number of fused-ring (bicyclic) bond motifs is 6. The molecule has 0 spiro atoms. The largest absolute Gasteiger partial charge is 0.120 e. The molecule has 10 rings (SSSR count). The molecule has 0 radical (unpaired) electrons. The summed E-state index contributed by atoms with van der Waals surface area (Å²) in [6, 6.07) is 45.7. The van der Waals surface area contributed by atoms with Gasteiger partial charge >= 0.3 is 0 Å². The highest BCUT2D eigenvalue weighted by Crippen LogP contribution is 2.47. The minimum atomic E-state index is 0.965. The molecule has 0 N–H and O–H groups in total. The third kappa shape index (κ3) is 4.30. The fourth-order valence-electron chi connectivity index (χ4n) is 8.00. The van der Waals surface area contributed by atoms with E-state index in [0.29, 0.717) is 0 Å². The third-order valence-corrected chi connectivity index (χ3v) is 10.1. The number of rotatable bonds is 3. The summed E-state index contributed by atoms with van der Waals surface area (Å²) >= 11 is 0. The zero-order valence-corrected chi connectivity index (χ0v) is 26.8. The summed E-state index contributed by atoms with van der Waals surface area (Å²) in [6.45, 7) is 4.00. The van der Waals surface area contributed by atoms with Crippen LogP contribution in [0.15, 0.2) is 151 Å². The first-order chi connectivity index (χ1) is 23.3. The van der Waals surface area contributed by atoms with E-state index >= 15 is 0 Å². The Hall–Kier alpha value is -5.68. The van der Waals surface area contributed by atoms with E-state index in [-0.39, 0.29) is 0 Å². The van der Waals surface area contributed by atoms with Crippen LogP contribution in [0.3, 0.4) is 0 Å². The van der Waals surface area contributed by atoms with Crippen molar-refractivity contribution in [3.63, 3.8) is 0 Å². The van der Waals surface area contributed by atoms with Crippen LogP contribution in [-0.2, 0) is 12.8 Å². The molecule has 3 aliphatic carbocycles. The highest BCUT2D eigenvalue weighted by molar-refractivity contribution is 6.22. The van der Waals surface area contributed by atoms with Gasteiger partial charge in [0.05, 0.1) is 0 Å². The first kappa shape index (κ1) is 27.6. The van der Waals surface area contributed by atoms with Gasteiger partial charge in [-0.15, -0.1) is 5.73 Å². The van der Waals surface area contributed by atoms with Crippen LogP contribution in [0.2, 0.25) is 0 Å². The van der Waals surface area contributed by atoms with Crippen molar-refractivity contribution in [2.24, 2.45) is 0 Å². The molecule has 0 unspecified atom stereocenters. The summed E-state index contributed by atoms with van der Waals surface area (Å²) in [5.74, 6) is 0. The van der Waals surface area contributed by atoms with Gasteiger partial charge in [-0.3, -0.25) is 0 Å². The Morgan fingerprint density at radius 1 is 0.532 bits per heavy atom. The van der Waals surface area contributed by atoms with Crippen molar-refractivity contribution in [2.75, 3.05) is 0 Å². The highest BCUT2D eigenvalue weighted by atomic mass is 14.3. The van der Waals surface area contributed by atoms with Crippen molar-refractivity contribution in [3.05, 3.63) is 173 Å². The van der Waals surface area contributed by atoms with Gasteiger partial charge in [-0.05, 0) is 142 Å². The SMILES string of the molecule is C1=CC2=C(C=1)c1cccc(-c3ccc4c(-c5ccc6ccccc6c5)c5ccccc5c(-c5ccc6c(c5)C=CC6)c4c3)c1C2.CC. The molecular weight excluding hydrogens is 565 g/mol. The van der Waals surface area contributed by atoms with Crippen LogP contribution >= 0.6 is 0 Å². The molecule has 222 valence electrons. The molecule has 0 fully saturated rings. The number of benzene rings is 7. The van der Waals surface area contributed by atoms with Gasteiger partial charge in [0, 0.05) is 0 Å². The second-order valence-electron chi connectivity index (χ2n) is 12.5. The average molecular weight is 599 g/mol. The van der Waals surface area contributed by atoms with E-state index in [4.69, 9.17) is 0 Å². The molecular formula is C47H34. The summed E-state index contributed by atoms with van der Waals surface area (Å²) in [4.78, 5) is 0. The normalized spacial score (nSPS) is 13.7. The Morgan fingerprint density at radius 3 is 2.11 bits per heavy atom. The Kier molecular flexibility index (Phi) is 6.46. The maximum absolute atomic E-state index is 3.31. The Balaban J connectivity index is 0.00000149. The van der Waals surface area contributed by atoms with Gasteiger partial charge in [-0.1, -0.05) is 129 Å². The molecule has 3 aliphatic rings. The standard InChI is InChI=1S/C45H28.C2H6/c1-2-9-30-24-34(20-18-28(30)8-1)44-39-13-3-4-14-40(39)45(35-21-19-29-10-5-11-31(29)25-35)43-27-33(22-23-41(43)44)37-16-7-17-38-36-15-6-12-32(36)26-42(37)38;1-2/h1-5,7-9,11-25,27H,10,26H2;1-2H3. The lowest BCUT2D eigenvalue weighted by molar-refractivity contribution is 1.25. The van der Waals surface area contributed by atoms with Crippen molar-refractivity contribution in [3.8, 4) is 33.4 Å². The van der Waals surface area contributed by atoms with E-state index in [0.717, 1.165) is 12.8 Å². The number of hydrogen-bond acceptors (Lipinski definition) is 0. The lowest BCUT2D eigenvalue weighted by Gasteiger charge is -2.20. The maximum Gasteiger partial charge on any atom is -0.0000918 e. The summed E-state index contributed by atoms with van der Waals surface area (Å²) in [6.07, 6.45) is 10.8. The second-order valence-corrected chi connectivity index (χ2v) is 12.5. The summed E-state index contributed by atoms with van der Waals surface area (Å²) in [7, 11) is 0. The molecule has 7 aromatic rings. The fraction of sp³-hybridized carbons (Fsp3) is 0.0851. The van der Waals surface area contributed by atoms with Gasteiger partial charge < -0.3 is 0 Å². The van der Waals surface area contributed by atoms with Crippen LogP contribution < -0.4 is 0 Å². The molecule has 0 saturated heterocycles. The molecule has 0 amide bonds. The summed E-state index contributed by atoms with van der Waals surface area (Å²) in [5, 5.41) is 7.70. The van der Waals surface area contributed by atoms with Gasteiger partial charge in [-0.25, -0.2) is 0 Å². The minimum Gasteiger partial charge on any atom is -0.120 e. The number of allylic oxidation sites excluding steroid dienone is 4. The first-order valence-electron chi connectivity index (χ1n) is 16.9. The monoisotopic (exact) mass is 598 g/mol. The van der Waals surface area contributed by atoms with Crippen molar-refractivity contribution in [1.82, 2.24) is 0 Å². The number of hydrogen-bond donors (Lipinski definition) is 0. The average Bonchev–Trinajstić information content (AvgIpc) is 3.88. The molecule has 0 heterocycles. The van der Waals surface area contributed by atoms with E-state index in [1.54, 1.807) is 0 Å². The van der Waals surface area contributed by atoms with Crippen LogP contribution in [0.1, 0.15) is 36.1 Å². The van der Waals surface area contributed by atoms with Gasteiger partial charge in [0.2, 0.25) is 0 Å². The lowest BCUT2D eigenvalue weighted by atomic mass is 9.83. The molecule has 0 heteroatoms. The molecule has 0 bridgehead atoms. The van der Waals surface area contributed by atoms with E-state index < -0.39 is 0 Å². The molecule has 0 nitrogen and oxygen atoms in total. The zero-order chi connectivity index (χ0) is 31.5. The van der Waals surface area contributed by atoms with Crippen molar-refractivity contribution >= 4 is 44.0 Å². The van der Waals surface area contributed by atoms with Crippen molar-refractivity contribution in [1.29, 1.82) is 0 Å². The van der Waals surface area contributed by atoms with Gasteiger partial charge in [0.1, 0.15) is 0 Å². The minimum absolute atomic E-state index is 0.965. The van der Waals surface area contributed by atoms with Crippen LogP contribution in [0, 0.1) is 0 Å². The van der Waals surface area contributed by atoms with Gasteiger partial charge in [0.25, 0.3) is 0 Å². The topological polar surface area (TPSA) is 0 Å². The second kappa shape index (κ2) is 11.0.